The Hall–Kier alpha value is -3.92. The number of rotatable bonds is 5. The largest absolute Gasteiger partial charge is 0.493 e. The molecule has 3 aromatic heterocycles. The van der Waals surface area contributed by atoms with E-state index in [0.717, 1.165) is 22.4 Å². The molecule has 5 rings (SSSR count). The van der Waals surface area contributed by atoms with Crippen molar-refractivity contribution in [1.82, 2.24) is 25.2 Å². The SMILES string of the molecule is CC(C)NC(=O)c1cc(-c2csc(C(=O)N[C@H]3CCOc4ccccc43)c2)cn2nc(N)nc12. The molecular formula is C24H24N6O3S. The third-order valence-corrected chi connectivity index (χ3v) is 6.46. The Labute approximate surface area is 200 Å². The number of para-hydroxylation sites is 1. The van der Waals surface area contributed by atoms with Gasteiger partial charge in [0, 0.05) is 29.8 Å². The molecule has 1 atom stereocenters. The lowest BCUT2D eigenvalue weighted by Gasteiger charge is -2.26. The lowest BCUT2D eigenvalue weighted by Crippen LogP contribution is -2.31. The summed E-state index contributed by atoms with van der Waals surface area (Å²) in [4.78, 5) is 30.6. The highest BCUT2D eigenvalue weighted by molar-refractivity contribution is 7.12. The monoisotopic (exact) mass is 476 g/mol. The van der Waals surface area contributed by atoms with E-state index in [4.69, 9.17) is 10.5 Å². The van der Waals surface area contributed by atoms with Crippen molar-refractivity contribution in [3.8, 4) is 16.9 Å². The molecule has 0 bridgehead atoms. The summed E-state index contributed by atoms with van der Waals surface area (Å²) in [5.74, 6) is 0.471. The number of nitrogen functional groups attached to an aromatic ring is 1. The smallest absolute Gasteiger partial charge is 0.261 e. The van der Waals surface area contributed by atoms with Crippen LogP contribution in [0.25, 0.3) is 16.8 Å². The van der Waals surface area contributed by atoms with Crippen molar-refractivity contribution in [1.29, 1.82) is 0 Å². The number of pyridine rings is 1. The second-order valence-electron chi connectivity index (χ2n) is 8.41. The van der Waals surface area contributed by atoms with E-state index in [1.165, 1.54) is 15.9 Å². The first-order chi connectivity index (χ1) is 16.4. The van der Waals surface area contributed by atoms with Crippen LogP contribution in [0.4, 0.5) is 5.95 Å². The average molecular weight is 477 g/mol. The van der Waals surface area contributed by atoms with E-state index in [1.54, 1.807) is 12.3 Å². The second kappa shape index (κ2) is 8.79. The molecule has 174 valence electrons. The van der Waals surface area contributed by atoms with Gasteiger partial charge in [-0.1, -0.05) is 18.2 Å². The molecule has 2 amide bonds. The number of amides is 2. The van der Waals surface area contributed by atoms with E-state index in [-0.39, 0.29) is 29.8 Å². The van der Waals surface area contributed by atoms with Crippen LogP contribution in [0.2, 0.25) is 0 Å². The van der Waals surface area contributed by atoms with Gasteiger partial charge in [0.25, 0.3) is 11.8 Å². The number of nitrogens with one attached hydrogen (secondary N) is 2. The van der Waals surface area contributed by atoms with Gasteiger partial charge in [-0.2, -0.15) is 4.98 Å². The Kier molecular flexibility index (Phi) is 5.66. The molecule has 1 aromatic carbocycles. The molecule has 0 saturated heterocycles. The van der Waals surface area contributed by atoms with Crippen LogP contribution in [0, 0.1) is 0 Å². The minimum absolute atomic E-state index is 0.0387. The van der Waals surface area contributed by atoms with Crippen LogP contribution in [0.15, 0.2) is 48.0 Å². The van der Waals surface area contributed by atoms with E-state index in [0.29, 0.717) is 29.1 Å². The van der Waals surface area contributed by atoms with Gasteiger partial charge in [0.1, 0.15) is 5.75 Å². The molecule has 4 aromatic rings. The summed E-state index contributed by atoms with van der Waals surface area (Å²) in [7, 11) is 0. The molecule has 1 aliphatic rings. The number of carbonyl (C=O) groups excluding carboxylic acids is 2. The molecule has 34 heavy (non-hydrogen) atoms. The van der Waals surface area contributed by atoms with Crippen molar-refractivity contribution >= 4 is 34.7 Å². The molecule has 0 radical (unpaired) electrons. The summed E-state index contributed by atoms with van der Waals surface area (Å²) < 4.78 is 7.19. The predicted octanol–water partition coefficient (Wildman–Crippen LogP) is 3.43. The molecule has 4 heterocycles. The minimum atomic E-state index is -0.263. The quantitative estimate of drug-likeness (QED) is 0.405. The van der Waals surface area contributed by atoms with Gasteiger partial charge in [0.15, 0.2) is 5.65 Å². The average Bonchev–Trinajstić information content (AvgIpc) is 3.44. The number of hydrogen-bond acceptors (Lipinski definition) is 7. The molecule has 0 saturated carbocycles. The van der Waals surface area contributed by atoms with Crippen LogP contribution in [0.3, 0.4) is 0 Å². The summed E-state index contributed by atoms with van der Waals surface area (Å²) in [6, 6.07) is 11.2. The molecule has 0 spiro atoms. The van der Waals surface area contributed by atoms with Crippen molar-refractivity contribution in [2.45, 2.75) is 32.4 Å². The number of hydrogen-bond donors (Lipinski definition) is 3. The number of benzene rings is 1. The fourth-order valence-electron chi connectivity index (χ4n) is 4.00. The molecule has 4 N–H and O–H groups in total. The van der Waals surface area contributed by atoms with Crippen molar-refractivity contribution in [2.24, 2.45) is 0 Å². The second-order valence-corrected chi connectivity index (χ2v) is 9.32. The summed E-state index contributed by atoms with van der Waals surface area (Å²) in [5.41, 5.74) is 9.05. The van der Waals surface area contributed by atoms with Crippen LogP contribution in [-0.2, 0) is 0 Å². The summed E-state index contributed by atoms with van der Waals surface area (Å²) in [6.07, 6.45) is 2.46. The standard InChI is InChI=1S/C24H24N6O3S/c1-13(2)26-22(31)17-9-14(11-30-21(17)28-24(25)29-30)15-10-20(34-12-15)23(32)27-18-7-8-33-19-6-4-3-5-16(18)19/h3-6,9-13,18H,7-8H2,1-2H3,(H2,25,29)(H,26,31)(H,27,32)/t18-/m0/s1. The summed E-state index contributed by atoms with van der Waals surface area (Å²) in [6.45, 7) is 4.33. The van der Waals surface area contributed by atoms with Gasteiger partial charge in [0.2, 0.25) is 5.95 Å². The number of thiophene rings is 1. The first kappa shape index (κ1) is 21.9. The van der Waals surface area contributed by atoms with Crippen LogP contribution in [0.5, 0.6) is 5.75 Å². The zero-order chi connectivity index (χ0) is 23.8. The Morgan fingerprint density at radius 3 is 2.85 bits per heavy atom. The van der Waals surface area contributed by atoms with Crippen LogP contribution < -0.4 is 21.1 Å². The fraction of sp³-hybridized carbons (Fsp3) is 0.250. The lowest BCUT2D eigenvalue weighted by atomic mass is 10.0. The fourth-order valence-corrected chi connectivity index (χ4v) is 4.81. The molecule has 0 aliphatic carbocycles. The van der Waals surface area contributed by atoms with Crippen molar-refractivity contribution in [3.63, 3.8) is 0 Å². The van der Waals surface area contributed by atoms with Crippen molar-refractivity contribution in [3.05, 3.63) is 64.0 Å². The van der Waals surface area contributed by atoms with E-state index < -0.39 is 0 Å². The summed E-state index contributed by atoms with van der Waals surface area (Å²) in [5, 5.41) is 12.1. The normalized spacial score (nSPS) is 15.1. The number of ether oxygens (including phenoxy) is 1. The first-order valence-corrected chi connectivity index (χ1v) is 11.9. The van der Waals surface area contributed by atoms with E-state index in [9.17, 15) is 9.59 Å². The van der Waals surface area contributed by atoms with Crippen molar-refractivity contribution in [2.75, 3.05) is 12.3 Å². The zero-order valence-electron chi connectivity index (χ0n) is 18.7. The molecule has 10 heteroatoms. The van der Waals surface area contributed by atoms with Gasteiger partial charge in [-0.15, -0.1) is 16.4 Å². The molecule has 1 aliphatic heterocycles. The number of carbonyl (C=O) groups is 2. The summed E-state index contributed by atoms with van der Waals surface area (Å²) >= 11 is 1.34. The number of fused-ring (bicyclic) bond motifs is 2. The third-order valence-electron chi connectivity index (χ3n) is 5.53. The molecule has 0 fully saturated rings. The van der Waals surface area contributed by atoms with Gasteiger partial charge in [0.05, 0.1) is 23.1 Å². The minimum Gasteiger partial charge on any atom is -0.493 e. The molecule has 0 unspecified atom stereocenters. The third kappa shape index (κ3) is 4.19. The van der Waals surface area contributed by atoms with Gasteiger partial charge in [-0.05, 0) is 43.0 Å². The Balaban J connectivity index is 1.43. The Bertz CT molecular complexity index is 1390. The van der Waals surface area contributed by atoms with E-state index in [2.05, 4.69) is 20.7 Å². The van der Waals surface area contributed by atoms with Crippen molar-refractivity contribution < 1.29 is 14.3 Å². The Morgan fingerprint density at radius 2 is 2.03 bits per heavy atom. The van der Waals surface area contributed by atoms with Crippen LogP contribution >= 0.6 is 11.3 Å². The van der Waals surface area contributed by atoms with Gasteiger partial charge >= 0.3 is 0 Å². The number of aromatic nitrogens is 3. The highest BCUT2D eigenvalue weighted by atomic mass is 32.1. The first-order valence-electron chi connectivity index (χ1n) is 11.0. The van der Waals surface area contributed by atoms with E-state index >= 15 is 0 Å². The Morgan fingerprint density at radius 1 is 1.21 bits per heavy atom. The maximum Gasteiger partial charge on any atom is 0.261 e. The maximum atomic E-state index is 13.0. The topological polar surface area (TPSA) is 124 Å². The highest BCUT2D eigenvalue weighted by Gasteiger charge is 2.24. The van der Waals surface area contributed by atoms with Crippen LogP contribution in [-0.4, -0.2) is 39.1 Å². The highest BCUT2D eigenvalue weighted by Crippen LogP contribution is 2.33. The van der Waals surface area contributed by atoms with Gasteiger partial charge < -0.3 is 21.1 Å². The molecular weight excluding hydrogens is 452 g/mol. The maximum absolute atomic E-state index is 13.0. The van der Waals surface area contributed by atoms with Gasteiger partial charge in [-0.25, -0.2) is 4.52 Å². The number of anilines is 1. The number of nitrogens with zero attached hydrogens (tertiary/aromatic N) is 3. The van der Waals surface area contributed by atoms with Crippen LogP contribution in [0.1, 0.15) is 51.9 Å². The zero-order valence-corrected chi connectivity index (χ0v) is 19.6. The predicted molar refractivity (Wildman–Crippen MR) is 130 cm³/mol. The molecule has 9 nitrogen and oxygen atoms in total. The van der Waals surface area contributed by atoms with E-state index in [1.807, 2.05) is 49.6 Å². The lowest BCUT2D eigenvalue weighted by molar-refractivity contribution is 0.0925. The number of nitrogens with two attached hydrogens (primary N) is 1. The van der Waals surface area contributed by atoms with Gasteiger partial charge in [-0.3, -0.25) is 9.59 Å².